The summed E-state index contributed by atoms with van der Waals surface area (Å²) in [7, 11) is 1.67. The molecule has 3 aliphatic heterocycles. The van der Waals surface area contributed by atoms with Crippen molar-refractivity contribution in [1.29, 1.82) is 0 Å². The Morgan fingerprint density at radius 2 is 1.86 bits per heavy atom. The average Bonchev–Trinajstić information content (AvgIpc) is 3.64. The predicted octanol–water partition coefficient (Wildman–Crippen LogP) is 3.97. The van der Waals surface area contributed by atoms with Gasteiger partial charge in [0.1, 0.15) is 5.75 Å². The highest BCUT2D eigenvalue weighted by atomic mass is 16.5. The molecular formula is C28H29N3O5. The van der Waals surface area contributed by atoms with Gasteiger partial charge in [-0.1, -0.05) is 0 Å². The van der Waals surface area contributed by atoms with Gasteiger partial charge in [0.15, 0.2) is 0 Å². The third-order valence-electron chi connectivity index (χ3n) is 7.77. The van der Waals surface area contributed by atoms with E-state index in [-0.39, 0.29) is 30.4 Å². The lowest BCUT2D eigenvalue weighted by atomic mass is 9.89. The number of carbonyl (C=O) groups is 3. The number of benzene rings is 2. The second-order valence-corrected chi connectivity index (χ2v) is 9.84. The van der Waals surface area contributed by atoms with Crippen LogP contribution in [0.15, 0.2) is 42.6 Å². The summed E-state index contributed by atoms with van der Waals surface area (Å²) in [6.45, 7) is 2.20. The summed E-state index contributed by atoms with van der Waals surface area (Å²) >= 11 is 0. The van der Waals surface area contributed by atoms with E-state index in [1.54, 1.807) is 25.3 Å². The van der Waals surface area contributed by atoms with E-state index < -0.39 is 0 Å². The molecule has 1 atom stereocenters. The number of piperidine rings is 1. The SMILES string of the molecule is COc1ccc2[nH]cc(C3CCN(C(=O)c4ccc5c(c4)C(=O)N(CC4CCCO4)C5=O)CC3)c2c1. The van der Waals surface area contributed by atoms with Crippen molar-refractivity contribution in [3.8, 4) is 5.75 Å². The molecule has 0 radical (unpaired) electrons. The second-order valence-electron chi connectivity index (χ2n) is 9.84. The minimum Gasteiger partial charge on any atom is -0.497 e. The van der Waals surface area contributed by atoms with Gasteiger partial charge >= 0.3 is 0 Å². The fourth-order valence-corrected chi connectivity index (χ4v) is 5.74. The van der Waals surface area contributed by atoms with Gasteiger partial charge in [0.05, 0.1) is 30.9 Å². The highest BCUT2D eigenvalue weighted by Gasteiger charge is 2.38. The number of ether oxygens (including phenoxy) is 2. The van der Waals surface area contributed by atoms with E-state index in [1.165, 1.54) is 10.5 Å². The highest BCUT2D eigenvalue weighted by molar-refractivity contribution is 6.22. The first-order valence-electron chi connectivity index (χ1n) is 12.6. The molecule has 1 N–H and O–H groups in total. The summed E-state index contributed by atoms with van der Waals surface area (Å²) in [5.74, 6) is 0.430. The van der Waals surface area contributed by atoms with E-state index >= 15 is 0 Å². The van der Waals surface area contributed by atoms with Crippen molar-refractivity contribution in [3.63, 3.8) is 0 Å². The van der Waals surface area contributed by atoms with Crippen LogP contribution in [0, 0.1) is 0 Å². The fourth-order valence-electron chi connectivity index (χ4n) is 5.74. The van der Waals surface area contributed by atoms with Crippen molar-refractivity contribution in [2.45, 2.75) is 37.7 Å². The standard InChI is InChI=1S/C28H29N3O5/c1-35-19-5-7-25-22(14-19)24(15-29-25)17-8-10-30(11-9-17)26(32)18-4-6-21-23(13-18)28(34)31(27(21)33)16-20-3-2-12-36-20/h4-7,13-15,17,20,29H,2-3,8-12,16H2,1H3. The molecule has 2 fully saturated rings. The Hall–Kier alpha value is -3.65. The summed E-state index contributed by atoms with van der Waals surface area (Å²) in [5, 5.41) is 1.16. The van der Waals surface area contributed by atoms with Crippen molar-refractivity contribution in [3.05, 3.63) is 64.8 Å². The van der Waals surface area contributed by atoms with Crippen LogP contribution < -0.4 is 4.74 Å². The number of nitrogens with one attached hydrogen (secondary N) is 1. The van der Waals surface area contributed by atoms with E-state index in [0.29, 0.717) is 42.3 Å². The highest BCUT2D eigenvalue weighted by Crippen LogP contribution is 2.35. The van der Waals surface area contributed by atoms with E-state index in [1.807, 2.05) is 17.0 Å². The normalized spacial score (nSPS) is 20.4. The number of hydrogen-bond acceptors (Lipinski definition) is 5. The summed E-state index contributed by atoms with van der Waals surface area (Å²) < 4.78 is 11.0. The Bertz CT molecular complexity index is 1350. The van der Waals surface area contributed by atoms with Gasteiger partial charge in [-0.05, 0) is 73.6 Å². The van der Waals surface area contributed by atoms with Crippen LogP contribution in [0.2, 0.25) is 0 Å². The number of aromatic amines is 1. The molecule has 2 saturated heterocycles. The number of likely N-dealkylation sites (tertiary alicyclic amines) is 1. The van der Waals surface area contributed by atoms with Crippen LogP contribution >= 0.6 is 0 Å². The molecule has 8 nitrogen and oxygen atoms in total. The van der Waals surface area contributed by atoms with Crippen LogP contribution in [0.3, 0.4) is 0 Å². The number of amides is 3. The zero-order chi connectivity index (χ0) is 24.8. The zero-order valence-electron chi connectivity index (χ0n) is 20.3. The van der Waals surface area contributed by atoms with Crippen molar-refractivity contribution >= 4 is 28.6 Å². The molecule has 0 aliphatic carbocycles. The molecule has 0 saturated carbocycles. The first-order valence-corrected chi connectivity index (χ1v) is 12.6. The predicted molar refractivity (Wildman–Crippen MR) is 134 cm³/mol. The molecule has 3 amide bonds. The number of imide groups is 1. The summed E-state index contributed by atoms with van der Waals surface area (Å²) in [4.78, 5) is 45.6. The largest absolute Gasteiger partial charge is 0.497 e. The molecule has 4 heterocycles. The maximum atomic E-state index is 13.3. The van der Waals surface area contributed by atoms with Gasteiger partial charge in [-0.15, -0.1) is 0 Å². The molecule has 0 bridgehead atoms. The smallest absolute Gasteiger partial charge is 0.261 e. The van der Waals surface area contributed by atoms with Gasteiger partial charge in [-0.25, -0.2) is 0 Å². The first-order chi connectivity index (χ1) is 17.5. The van der Waals surface area contributed by atoms with Crippen LogP contribution in [-0.4, -0.2) is 72.0 Å². The van der Waals surface area contributed by atoms with Gasteiger partial charge in [0.25, 0.3) is 17.7 Å². The summed E-state index contributed by atoms with van der Waals surface area (Å²) in [6, 6.07) is 10.9. The minimum atomic E-state index is -0.339. The second kappa shape index (κ2) is 9.09. The third-order valence-corrected chi connectivity index (χ3v) is 7.77. The Kier molecular flexibility index (Phi) is 5.76. The van der Waals surface area contributed by atoms with Gasteiger partial charge in [-0.2, -0.15) is 0 Å². The molecule has 8 heteroatoms. The summed E-state index contributed by atoms with van der Waals surface area (Å²) in [5.41, 5.74) is 3.46. The Morgan fingerprint density at radius 3 is 2.61 bits per heavy atom. The molecular weight excluding hydrogens is 458 g/mol. The maximum Gasteiger partial charge on any atom is 0.261 e. The van der Waals surface area contributed by atoms with E-state index in [2.05, 4.69) is 17.2 Å². The molecule has 1 aromatic heterocycles. The molecule has 186 valence electrons. The van der Waals surface area contributed by atoms with Crippen molar-refractivity contribution in [2.75, 3.05) is 33.4 Å². The van der Waals surface area contributed by atoms with Crippen LogP contribution in [0.4, 0.5) is 0 Å². The first kappa shape index (κ1) is 22.8. The molecule has 1 unspecified atom stereocenters. The Balaban J connectivity index is 1.14. The van der Waals surface area contributed by atoms with Crippen LogP contribution in [-0.2, 0) is 4.74 Å². The lowest BCUT2D eigenvalue weighted by molar-refractivity contribution is 0.0475. The molecule has 2 aromatic carbocycles. The van der Waals surface area contributed by atoms with Crippen LogP contribution in [0.25, 0.3) is 10.9 Å². The fraction of sp³-hybridized carbons (Fsp3) is 0.393. The van der Waals surface area contributed by atoms with Crippen molar-refractivity contribution in [1.82, 2.24) is 14.8 Å². The Labute approximate surface area is 209 Å². The van der Waals surface area contributed by atoms with Gasteiger partial charge in [0.2, 0.25) is 0 Å². The molecule has 36 heavy (non-hydrogen) atoms. The quantitative estimate of drug-likeness (QED) is 0.550. The topological polar surface area (TPSA) is 91.9 Å². The van der Waals surface area contributed by atoms with Crippen LogP contribution in [0.1, 0.15) is 68.2 Å². The number of carbonyl (C=O) groups excluding carboxylic acids is 3. The van der Waals surface area contributed by atoms with Gasteiger partial charge < -0.3 is 19.4 Å². The van der Waals surface area contributed by atoms with Gasteiger partial charge in [-0.3, -0.25) is 19.3 Å². The molecule has 0 spiro atoms. The van der Waals surface area contributed by atoms with Crippen LogP contribution in [0.5, 0.6) is 5.75 Å². The number of nitrogens with zero attached hydrogens (tertiary/aromatic N) is 2. The molecule has 6 rings (SSSR count). The van der Waals surface area contributed by atoms with Gasteiger partial charge in [0, 0.05) is 42.4 Å². The number of methoxy groups -OCH3 is 1. The number of H-pyrrole nitrogens is 1. The summed E-state index contributed by atoms with van der Waals surface area (Å²) in [6.07, 6.45) is 5.46. The maximum absolute atomic E-state index is 13.3. The molecule has 3 aliphatic rings. The number of fused-ring (bicyclic) bond motifs is 2. The van der Waals surface area contributed by atoms with Crippen molar-refractivity contribution in [2.24, 2.45) is 0 Å². The van der Waals surface area contributed by atoms with E-state index in [9.17, 15) is 14.4 Å². The molecule has 3 aromatic rings. The van der Waals surface area contributed by atoms with E-state index in [0.717, 1.165) is 42.3 Å². The van der Waals surface area contributed by atoms with Crippen molar-refractivity contribution < 1.29 is 23.9 Å². The number of rotatable bonds is 5. The Morgan fingerprint density at radius 1 is 1.06 bits per heavy atom. The number of aromatic nitrogens is 1. The van der Waals surface area contributed by atoms with E-state index in [4.69, 9.17) is 9.47 Å². The third kappa shape index (κ3) is 3.86. The lowest BCUT2D eigenvalue weighted by Crippen LogP contribution is -2.38. The minimum absolute atomic E-state index is 0.102. The zero-order valence-corrected chi connectivity index (χ0v) is 20.3. The lowest BCUT2D eigenvalue weighted by Gasteiger charge is -2.32. The average molecular weight is 488 g/mol. The number of hydrogen-bond donors (Lipinski definition) is 1. The monoisotopic (exact) mass is 487 g/mol.